The van der Waals surface area contributed by atoms with Gasteiger partial charge in [-0.1, -0.05) is 32.0 Å². The number of aromatic nitrogens is 1. The van der Waals surface area contributed by atoms with Crippen LogP contribution in [0.25, 0.3) is 11.3 Å². The molecule has 0 aliphatic heterocycles. The normalized spacial score (nSPS) is 10.2. The van der Waals surface area contributed by atoms with Gasteiger partial charge in [-0.3, -0.25) is 0 Å². The van der Waals surface area contributed by atoms with Crippen molar-refractivity contribution in [2.24, 2.45) is 0 Å². The maximum absolute atomic E-state index is 10.8. The first-order valence-corrected chi connectivity index (χ1v) is 5.60. The van der Waals surface area contributed by atoms with Crippen molar-refractivity contribution < 1.29 is 9.90 Å². The molecule has 0 saturated heterocycles. The quantitative estimate of drug-likeness (QED) is 0.884. The zero-order valence-electron chi connectivity index (χ0n) is 10.3. The Kier molecular flexibility index (Phi) is 4.56. The molecule has 18 heavy (non-hydrogen) atoms. The molecule has 96 valence electrons. The molecule has 0 spiro atoms. The van der Waals surface area contributed by atoms with Crippen molar-refractivity contribution in [3.8, 4) is 11.3 Å². The van der Waals surface area contributed by atoms with Gasteiger partial charge >= 0.3 is 5.97 Å². The van der Waals surface area contributed by atoms with E-state index in [-0.39, 0.29) is 18.1 Å². The lowest BCUT2D eigenvalue weighted by molar-refractivity contribution is 0.0691. The summed E-state index contributed by atoms with van der Waals surface area (Å²) in [5, 5.41) is 8.86. The van der Waals surface area contributed by atoms with Gasteiger partial charge in [-0.15, -0.1) is 12.4 Å². The largest absolute Gasteiger partial charge is 0.477 e. The zero-order valence-corrected chi connectivity index (χ0v) is 11.1. The van der Waals surface area contributed by atoms with Gasteiger partial charge in [-0.05, 0) is 35.2 Å². The fourth-order valence-electron chi connectivity index (χ4n) is 1.75. The lowest BCUT2D eigenvalue weighted by atomic mass is 10.00. The Hall–Kier alpha value is -1.74. The van der Waals surface area contributed by atoms with Gasteiger partial charge in [-0.2, -0.15) is 0 Å². The van der Waals surface area contributed by atoms with Crippen LogP contribution in [0.3, 0.4) is 0 Å². The molecule has 0 unspecified atom stereocenters. The summed E-state index contributed by atoms with van der Waals surface area (Å²) in [4.78, 5) is 13.7. The monoisotopic (exact) mass is 265 g/mol. The second-order valence-corrected chi connectivity index (χ2v) is 4.37. The van der Waals surface area contributed by atoms with E-state index < -0.39 is 5.97 Å². The number of carbonyl (C=O) groups is 1. The van der Waals surface area contributed by atoms with Crippen molar-refractivity contribution in [3.05, 3.63) is 47.7 Å². The Morgan fingerprint density at radius 3 is 2.50 bits per heavy atom. The van der Waals surface area contributed by atoms with Gasteiger partial charge in [0.1, 0.15) is 5.69 Å². The summed E-state index contributed by atoms with van der Waals surface area (Å²) in [7, 11) is 0. The van der Waals surface area contributed by atoms with Crippen LogP contribution in [0.4, 0.5) is 0 Å². The van der Waals surface area contributed by atoms with Crippen LogP contribution in [-0.4, -0.2) is 16.1 Å². The van der Waals surface area contributed by atoms with E-state index in [1.807, 2.05) is 12.1 Å². The molecule has 1 aromatic carbocycles. The first-order valence-electron chi connectivity index (χ1n) is 5.60. The fraction of sp³-hybridized carbons (Fsp3) is 0.214. The van der Waals surface area contributed by atoms with Gasteiger partial charge in [0.15, 0.2) is 0 Å². The minimum Gasteiger partial charge on any atom is -0.477 e. The smallest absolute Gasteiger partial charge is 0.352 e. The average Bonchev–Trinajstić information content (AvgIpc) is 2.78. The third kappa shape index (κ3) is 2.93. The molecule has 4 heteroatoms. The number of aromatic carboxylic acids is 1. The van der Waals surface area contributed by atoms with E-state index in [4.69, 9.17) is 5.11 Å². The number of halogens is 1. The summed E-state index contributed by atoms with van der Waals surface area (Å²) in [5.41, 5.74) is 3.32. The molecular weight excluding hydrogens is 250 g/mol. The molecule has 1 heterocycles. The lowest BCUT2D eigenvalue weighted by Gasteiger charge is -2.06. The van der Waals surface area contributed by atoms with Crippen LogP contribution < -0.4 is 0 Å². The summed E-state index contributed by atoms with van der Waals surface area (Å²) in [6, 6.07) is 11.5. The van der Waals surface area contributed by atoms with Crippen molar-refractivity contribution in [2.45, 2.75) is 19.8 Å². The summed E-state index contributed by atoms with van der Waals surface area (Å²) in [6.45, 7) is 4.27. The highest BCUT2D eigenvalue weighted by molar-refractivity contribution is 5.86. The van der Waals surface area contributed by atoms with Crippen LogP contribution in [0.1, 0.15) is 35.8 Å². The first-order chi connectivity index (χ1) is 8.08. The van der Waals surface area contributed by atoms with Crippen molar-refractivity contribution in [1.82, 2.24) is 4.98 Å². The maximum Gasteiger partial charge on any atom is 0.352 e. The third-order valence-corrected chi connectivity index (χ3v) is 2.78. The number of nitrogens with one attached hydrogen (secondary N) is 1. The molecule has 2 rings (SSSR count). The number of rotatable bonds is 3. The molecule has 2 N–H and O–H groups in total. The van der Waals surface area contributed by atoms with Crippen LogP contribution >= 0.6 is 12.4 Å². The summed E-state index contributed by atoms with van der Waals surface area (Å²) < 4.78 is 0. The average molecular weight is 266 g/mol. The van der Waals surface area contributed by atoms with Crippen molar-refractivity contribution in [1.29, 1.82) is 0 Å². The highest BCUT2D eigenvalue weighted by Crippen LogP contribution is 2.23. The van der Waals surface area contributed by atoms with E-state index in [0.29, 0.717) is 5.92 Å². The molecule has 0 saturated carbocycles. The third-order valence-electron chi connectivity index (χ3n) is 2.78. The number of H-pyrrole nitrogens is 1. The SMILES string of the molecule is CC(C)c1cccc(-c2ccc(C(=O)O)[nH]2)c1.Cl. The van der Waals surface area contributed by atoms with Crippen LogP contribution in [0, 0.1) is 0 Å². The van der Waals surface area contributed by atoms with Gasteiger partial charge in [-0.25, -0.2) is 4.79 Å². The van der Waals surface area contributed by atoms with Gasteiger partial charge in [0.2, 0.25) is 0 Å². The Labute approximate surface area is 112 Å². The van der Waals surface area contributed by atoms with E-state index in [9.17, 15) is 4.79 Å². The van der Waals surface area contributed by atoms with E-state index in [0.717, 1.165) is 11.3 Å². The molecule has 0 bridgehead atoms. The number of benzene rings is 1. The minimum absolute atomic E-state index is 0. The van der Waals surface area contributed by atoms with Crippen LogP contribution in [0.15, 0.2) is 36.4 Å². The molecule has 0 fully saturated rings. The molecule has 0 amide bonds. The topological polar surface area (TPSA) is 53.1 Å². The van der Waals surface area contributed by atoms with Crippen molar-refractivity contribution in [2.75, 3.05) is 0 Å². The number of hydrogen-bond acceptors (Lipinski definition) is 1. The predicted molar refractivity (Wildman–Crippen MR) is 74.5 cm³/mol. The number of carboxylic acid groups (broad SMARTS) is 1. The van der Waals surface area contributed by atoms with Crippen molar-refractivity contribution >= 4 is 18.4 Å². The minimum atomic E-state index is -0.934. The van der Waals surface area contributed by atoms with Crippen molar-refractivity contribution in [3.63, 3.8) is 0 Å². The second-order valence-electron chi connectivity index (χ2n) is 4.37. The lowest BCUT2D eigenvalue weighted by Crippen LogP contribution is -1.95. The maximum atomic E-state index is 10.8. The summed E-state index contributed by atoms with van der Waals surface area (Å²) in [5.74, 6) is -0.472. The van der Waals surface area contributed by atoms with Gasteiger partial charge in [0, 0.05) is 5.69 Å². The Bertz CT molecular complexity index is 546. The summed E-state index contributed by atoms with van der Waals surface area (Å²) in [6.07, 6.45) is 0. The second kappa shape index (κ2) is 5.74. The molecule has 3 nitrogen and oxygen atoms in total. The Balaban J connectivity index is 0.00000162. The Morgan fingerprint density at radius 2 is 1.94 bits per heavy atom. The molecule has 1 aromatic heterocycles. The van der Waals surface area contributed by atoms with Crippen LogP contribution in [0.5, 0.6) is 0 Å². The van der Waals surface area contributed by atoms with Crippen LogP contribution in [0.2, 0.25) is 0 Å². The molecule has 0 atom stereocenters. The molecule has 0 radical (unpaired) electrons. The van der Waals surface area contributed by atoms with Gasteiger partial charge in [0.25, 0.3) is 0 Å². The van der Waals surface area contributed by atoms with E-state index in [2.05, 4.69) is 31.0 Å². The van der Waals surface area contributed by atoms with E-state index in [1.54, 1.807) is 12.1 Å². The predicted octanol–water partition coefficient (Wildman–Crippen LogP) is 3.93. The van der Waals surface area contributed by atoms with Crippen LogP contribution in [-0.2, 0) is 0 Å². The highest BCUT2D eigenvalue weighted by Gasteiger charge is 2.08. The van der Waals surface area contributed by atoms with Gasteiger partial charge < -0.3 is 10.1 Å². The van der Waals surface area contributed by atoms with E-state index in [1.165, 1.54) is 5.56 Å². The summed E-state index contributed by atoms with van der Waals surface area (Å²) >= 11 is 0. The highest BCUT2D eigenvalue weighted by atomic mass is 35.5. The number of aromatic amines is 1. The van der Waals surface area contributed by atoms with Gasteiger partial charge in [0.05, 0.1) is 0 Å². The zero-order chi connectivity index (χ0) is 12.4. The Morgan fingerprint density at radius 1 is 1.22 bits per heavy atom. The standard InChI is InChI=1S/C14H15NO2.ClH/c1-9(2)10-4-3-5-11(8-10)12-6-7-13(15-12)14(16)17;/h3-9,15H,1-2H3,(H,16,17);1H. The fourth-order valence-corrected chi connectivity index (χ4v) is 1.75. The molecular formula is C14H16ClNO2. The molecule has 0 aliphatic carbocycles. The number of carboxylic acids is 1. The first kappa shape index (κ1) is 14.3. The molecule has 0 aliphatic rings. The van der Waals surface area contributed by atoms with E-state index >= 15 is 0 Å². The molecule has 2 aromatic rings. The number of hydrogen-bond donors (Lipinski definition) is 2.